The zero-order valence-corrected chi connectivity index (χ0v) is 15.1. The summed E-state index contributed by atoms with van der Waals surface area (Å²) < 4.78 is 5.46. The van der Waals surface area contributed by atoms with Crippen LogP contribution in [-0.4, -0.2) is 32.1 Å². The predicted octanol–water partition coefficient (Wildman–Crippen LogP) is 3.68. The Morgan fingerprint density at radius 3 is 2.80 bits per heavy atom. The molecule has 1 aliphatic rings. The molecule has 2 aromatic rings. The largest absolute Gasteiger partial charge is 0.495 e. The van der Waals surface area contributed by atoms with Crippen LogP contribution < -0.4 is 15.0 Å². The number of amides is 1. The highest BCUT2D eigenvalue weighted by atomic mass is 35.5. The van der Waals surface area contributed by atoms with Gasteiger partial charge in [-0.15, -0.1) is 0 Å². The van der Waals surface area contributed by atoms with Crippen LogP contribution in [0.3, 0.4) is 0 Å². The van der Waals surface area contributed by atoms with Crippen molar-refractivity contribution in [2.24, 2.45) is 0 Å². The second-order valence-corrected chi connectivity index (χ2v) is 6.70. The summed E-state index contributed by atoms with van der Waals surface area (Å²) in [7, 11) is 1.69. The quantitative estimate of drug-likeness (QED) is 0.886. The van der Waals surface area contributed by atoms with E-state index in [1.807, 2.05) is 42.5 Å². The molecule has 1 fully saturated rings. The van der Waals surface area contributed by atoms with Gasteiger partial charge < -0.3 is 15.0 Å². The fraction of sp³-hybridized carbons (Fsp3) is 0.350. The number of para-hydroxylation sites is 2. The topological polar surface area (TPSA) is 41.6 Å². The molecule has 0 radical (unpaired) electrons. The van der Waals surface area contributed by atoms with E-state index in [1.165, 1.54) is 0 Å². The van der Waals surface area contributed by atoms with Crippen LogP contribution >= 0.6 is 11.6 Å². The summed E-state index contributed by atoms with van der Waals surface area (Å²) in [4.78, 5) is 14.7. The van der Waals surface area contributed by atoms with Gasteiger partial charge in [-0.3, -0.25) is 4.79 Å². The lowest BCUT2D eigenvalue weighted by Crippen LogP contribution is -2.48. The van der Waals surface area contributed by atoms with Gasteiger partial charge in [0, 0.05) is 24.2 Å². The number of halogens is 1. The molecule has 1 N–H and O–H groups in total. The number of hydrogen-bond acceptors (Lipinski definition) is 3. The number of piperidine rings is 1. The van der Waals surface area contributed by atoms with E-state index < -0.39 is 0 Å². The van der Waals surface area contributed by atoms with Crippen molar-refractivity contribution >= 4 is 23.2 Å². The molecule has 1 aliphatic heterocycles. The lowest BCUT2D eigenvalue weighted by atomic mass is 10.0. The highest BCUT2D eigenvalue weighted by Crippen LogP contribution is 2.29. The number of nitrogens with one attached hydrogen (secondary N) is 1. The Bertz CT molecular complexity index is 735. The third-order valence-electron chi connectivity index (χ3n) is 4.52. The van der Waals surface area contributed by atoms with Gasteiger partial charge in [-0.2, -0.15) is 0 Å². The van der Waals surface area contributed by atoms with Crippen LogP contribution in [0.25, 0.3) is 0 Å². The molecule has 0 bridgehead atoms. The fourth-order valence-corrected chi connectivity index (χ4v) is 3.50. The number of methoxy groups -OCH3 is 1. The predicted molar refractivity (Wildman–Crippen MR) is 102 cm³/mol. The minimum absolute atomic E-state index is 0.0139. The highest BCUT2D eigenvalue weighted by molar-refractivity contribution is 6.31. The summed E-state index contributed by atoms with van der Waals surface area (Å²) in [6.07, 6.45) is 2.33. The zero-order chi connectivity index (χ0) is 17.6. The summed E-state index contributed by atoms with van der Waals surface area (Å²) in [6.45, 7) is 1.76. The van der Waals surface area contributed by atoms with Gasteiger partial charge in [-0.25, -0.2) is 0 Å². The van der Waals surface area contributed by atoms with Gasteiger partial charge in [0.2, 0.25) is 5.91 Å². The van der Waals surface area contributed by atoms with Crippen molar-refractivity contribution in [2.45, 2.75) is 25.3 Å². The lowest BCUT2D eigenvalue weighted by molar-refractivity contribution is -0.121. The third-order valence-corrected chi connectivity index (χ3v) is 4.89. The van der Waals surface area contributed by atoms with Crippen LogP contribution in [0.1, 0.15) is 18.4 Å². The summed E-state index contributed by atoms with van der Waals surface area (Å²) in [6, 6.07) is 15.6. The van der Waals surface area contributed by atoms with E-state index in [9.17, 15) is 4.79 Å². The Labute approximate surface area is 153 Å². The number of carbonyl (C=O) groups excluding carboxylic acids is 1. The SMILES string of the molecule is COc1ccccc1N1CCCC(NC(=O)Cc2ccccc2Cl)C1. The van der Waals surface area contributed by atoms with E-state index in [0.717, 1.165) is 42.9 Å². The zero-order valence-electron chi connectivity index (χ0n) is 14.4. The average Bonchev–Trinajstić information content (AvgIpc) is 2.64. The smallest absolute Gasteiger partial charge is 0.224 e. The first-order chi connectivity index (χ1) is 12.2. The summed E-state index contributed by atoms with van der Waals surface area (Å²) in [5.74, 6) is 0.880. The van der Waals surface area contributed by atoms with Gasteiger partial charge in [0.1, 0.15) is 5.75 Å². The fourth-order valence-electron chi connectivity index (χ4n) is 3.30. The molecule has 5 heteroatoms. The number of ether oxygens (including phenoxy) is 1. The molecule has 1 amide bonds. The van der Waals surface area contributed by atoms with Gasteiger partial charge in [-0.05, 0) is 36.6 Å². The molecule has 1 atom stereocenters. The van der Waals surface area contributed by atoms with Crippen molar-refractivity contribution in [3.8, 4) is 5.75 Å². The molecule has 4 nitrogen and oxygen atoms in total. The van der Waals surface area contributed by atoms with Crippen LogP contribution in [0.15, 0.2) is 48.5 Å². The van der Waals surface area contributed by atoms with E-state index in [0.29, 0.717) is 11.4 Å². The van der Waals surface area contributed by atoms with Crippen LogP contribution in [0, 0.1) is 0 Å². The standard InChI is InChI=1S/C20H23ClN2O2/c1-25-19-11-5-4-10-18(19)23-12-6-8-16(14-23)22-20(24)13-15-7-2-3-9-17(15)21/h2-5,7,9-11,16H,6,8,12-14H2,1H3,(H,22,24). The monoisotopic (exact) mass is 358 g/mol. The lowest BCUT2D eigenvalue weighted by Gasteiger charge is -2.35. The number of carbonyl (C=O) groups is 1. The van der Waals surface area contributed by atoms with Crippen molar-refractivity contribution in [1.29, 1.82) is 0 Å². The van der Waals surface area contributed by atoms with Crippen LogP contribution in [0.2, 0.25) is 5.02 Å². The molecule has 1 heterocycles. The Hall–Kier alpha value is -2.20. The van der Waals surface area contributed by atoms with Crippen molar-refractivity contribution in [1.82, 2.24) is 5.32 Å². The highest BCUT2D eigenvalue weighted by Gasteiger charge is 2.23. The number of anilines is 1. The molecule has 132 valence electrons. The Morgan fingerprint density at radius 2 is 2.00 bits per heavy atom. The van der Waals surface area contributed by atoms with Crippen LogP contribution in [0.5, 0.6) is 5.75 Å². The van der Waals surface area contributed by atoms with Crippen molar-refractivity contribution in [2.75, 3.05) is 25.1 Å². The summed E-state index contributed by atoms with van der Waals surface area (Å²) in [5, 5.41) is 3.79. The minimum Gasteiger partial charge on any atom is -0.495 e. The number of rotatable bonds is 5. The van der Waals surface area contributed by atoms with E-state index >= 15 is 0 Å². The van der Waals surface area contributed by atoms with Gasteiger partial charge in [0.15, 0.2) is 0 Å². The maximum absolute atomic E-state index is 12.4. The first kappa shape index (κ1) is 17.6. The second kappa shape index (κ2) is 8.26. The second-order valence-electron chi connectivity index (χ2n) is 6.29. The Kier molecular flexibility index (Phi) is 5.82. The molecule has 1 saturated heterocycles. The van der Waals surface area contributed by atoms with Gasteiger partial charge >= 0.3 is 0 Å². The molecule has 2 aromatic carbocycles. The van der Waals surface area contributed by atoms with Crippen molar-refractivity contribution in [3.63, 3.8) is 0 Å². The molecule has 0 aliphatic carbocycles. The van der Waals surface area contributed by atoms with E-state index in [4.69, 9.17) is 16.3 Å². The third kappa shape index (κ3) is 4.45. The molecular weight excluding hydrogens is 336 g/mol. The summed E-state index contributed by atoms with van der Waals surface area (Å²) in [5.41, 5.74) is 1.94. The van der Waals surface area contributed by atoms with Gasteiger partial charge in [0.05, 0.1) is 19.2 Å². The van der Waals surface area contributed by atoms with Crippen LogP contribution in [0.4, 0.5) is 5.69 Å². The Balaban J connectivity index is 1.62. The van der Waals surface area contributed by atoms with Gasteiger partial charge in [-0.1, -0.05) is 41.9 Å². The minimum atomic E-state index is 0.0139. The molecule has 25 heavy (non-hydrogen) atoms. The van der Waals surface area contributed by atoms with E-state index in [-0.39, 0.29) is 11.9 Å². The average molecular weight is 359 g/mol. The van der Waals surface area contributed by atoms with E-state index in [2.05, 4.69) is 16.3 Å². The van der Waals surface area contributed by atoms with Crippen molar-refractivity contribution < 1.29 is 9.53 Å². The normalized spacial score (nSPS) is 17.2. The molecule has 0 aromatic heterocycles. The molecular formula is C20H23ClN2O2. The first-order valence-electron chi connectivity index (χ1n) is 8.58. The maximum atomic E-state index is 12.4. The number of benzene rings is 2. The number of nitrogens with zero attached hydrogens (tertiary/aromatic N) is 1. The summed E-state index contributed by atoms with van der Waals surface area (Å²) >= 11 is 6.15. The van der Waals surface area contributed by atoms with Crippen molar-refractivity contribution in [3.05, 3.63) is 59.1 Å². The first-order valence-corrected chi connectivity index (χ1v) is 8.96. The number of hydrogen-bond donors (Lipinski definition) is 1. The molecule has 0 saturated carbocycles. The molecule has 3 rings (SSSR count). The van der Waals surface area contributed by atoms with E-state index in [1.54, 1.807) is 7.11 Å². The van der Waals surface area contributed by atoms with Gasteiger partial charge in [0.25, 0.3) is 0 Å². The molecule has 1 unspecified atom stereocenters. The van der Waals surface area contributed by atoms with Crippen LogP contribution in [-0.2, 0) is 11.2 Å². The Morgan fingerprint density at radius 1 is 1.24 bits per heavy atom. The maximum Gasteiger partial charge on any atom is 0.224 e. The molecule has 0 spiro atoms.